The third-order valence-corrected chi connectivity index (χ3v) is 4.30. The summed E-state index contributed by atoms with van der Waals surface area (Å²) >= 11 is 0. The maximum absolute atomic E-state index is 12.2. The van der Waals surface area contributed by atoms with Crippen molar-refractivity contribution in [3.63, 3.8) is 0 Å². The van der Waals surface area contributed by atoms with E-state index in [0.29, 0.717) is 28.8 Å². The van der Waals surface area contributed by atoms with Gasteiger partial charge in [-0.25, -0.2) is 0 Å². The highest BCUT2D eigenvalue weighted by Crippen LogP contribution is 2.41. The second-order valence-electron chi connectivity index (χ2n) is 6.11. The lowest BCUT2D eigenvalue weighted by molar-refractivity contribution is -0.116. The first-order valence-corrected chi connectivity index (χ1v) is 8.86. The Kier molecular flexibility index (Phi) is 6.18. The van der Waals surface area contributed by atoms with Crippen LogP contribution in [-0.2, 0) is 11.3 Å². The summed E-state index contributed by atoms with van der Waals surface area (Å²) in [7, 11) is 4.61. The second kappa shape index (κ2) is 8.96. The van der Waals surface area contributed by atoms with Crippen molar-refractivity contribution in [2.75, 3.05) is 26.6 Å². The van der Waals surface area contributed by atoms with Crippen LogP contribution in [0.3, 0.4) is 0 Å². The second-order valence-corrected chi connectivity index (χ2v) is 6.11. The zero-order valence-electron chi connectivity index (χ0n) is 16.4. The number of aromatic nitrogens is 3. The molecule has 0 spiro atoms. The molecule has 9 heteroatoms. The number of carbonyl (C=O) groups is 1. The first-order chi connectivity index (χ1) is 14.0. The molecule has 0 saturated heterocycles. The Balaban J connectivity index is 1.71. The van der Waals surface area contributed by atoms with E-state index in [0.717, 1.165) is 5.56 Å². The van der Waals surface area contributed by atoms with Gasteiger partial charge < -0.3 is 24.1 Å². The minimum absolute atomic E-state index is 0.148. The molecule has 3 rings (SSSR count). The van der Waals surface area contributed by atoms with Crippen LogP contribution >= 0.6 is 0 Å². The highest BCUT2D eigenvalue weighted by molar-refractivity contribution is 5.90. The molecule has 0 bridgehead atoms. The highest BCUT2D eigenvalue weighted by atomic mass is 16.5. The van der Waals surface area contributed by atoms with Crippen LogP contribution in [-0.4, -0.2) is 42.0 Å². The van der Waals surface area contributed by atoms with Gasteiger partial charge >= 0.3 is 0 Å². The van der Waals surface area contributed by atoms with Gasteiger partial charge in [0, 0.05) is 36.9 Å². The Hall–Kier alpha value is -3.75. The van der Waals surface area contributed by atoms with Crippen LogP contribution in [0, 0.1) is 0 Å². The molecule has 0 unspecified atom stereocenters. The fourth-order valence-corrected chi connectivity index (χ4v) is 2.84. The van der Waals surface area contributed by atoms with Crippen molar-refractivity contribution >= 4 is 11.7 Å². The number of aromatic amines is 1. The van der Waals surface area contributed by atoms with E-state index in [2.05, 4.69) is 15.5 Å². The number of hydrogen-bond acceptors (Lipinski definition) is 6. The van der Waals surface area contributed by atoms with Gasteiger partial charge in [-0.15, -0.1) is 0 Å². The number of nitrogens with one attached hydrogen (secondary N) is 2. The summed E-state index contributed by atoms with van der Waals surface area (Å²) in [5.74, 6) is 1.64. The van der Waals surface area contributed by atoms with Gasteiger partial charge in [0.1, 0.15) is 0 Å². The van der Waals surface area contributed by atoms with E-state index in [4.69, 9.17) is 14.2 Å². The number of methoxy groups -OCH3 is 3. The zero-order valence-corrected chi connectivity index (χ0v) is 16.4. The molecule has 0 saturated carbocycles. The van der Waals surface area contributed by atoms with Crippen LogP contribution in [0.4, 0.5) is 5.82 Å². The molecule has 29 heavy (non-hydrogen) atoms. The largest absolute Gasteiger partial charge is 0.493 e. The SMILES string of the molecule is COc1cc(-c2cc(NC(=O)CCn3ccccc3=O)n[nH]2)cc(OC)c1OC. The lowest BCUT2D eigenvalue weighted by Gasteiger charge is -2.13. The number of rotatable bonds is 8. The molecule has 1 amide bonds. The smallest absolute Gasteiger partial charge is 0.250 e. The number of aryl methyl sites for hydroxylation is 1. The molecule has 152 valence electrons. The molecular formula is C20H22N4O5. The molecule has 0 fully saturated rings. The van der Waals surface area contributed by atoms with Crippen LogP contribution in [0.25, 0.3) is 11.3 Å². The van der Waals surface area contributed by atoms with Crippen LogP contribution in [0.5, 0.6) is 17.2 Å². The van der Waals surface area contributed by atoms with Crippen LogP contribution < -0.4 is 25.1 Å². The number of ether oxygens (including phenoxy) is 3. The van der Waals surface area contributed by atoms with Gasteiger partial charge in [0.05, 0.1) is 27.0 Å². The van der Waals surface area contributed by atoms with Crippen molar-refractivity contribution in [1.82, 2.24) is 14.8 Å². The van der Waals surface area contributed by atoms with Gasteiger partial charge in [0.25, 0.3) is 5.56 Å². The molecule has 0 aliphatic carbocycles. The van der Waals surface area contributed by atoms with Crippen molar-refractivity contribution in [3.05, 3.63) is 52.9 Å². The molecule has 2 N–H and O–H groups in total. The summed E-state index contributed by atoms with van der Waals surface area (Å²) in [5, 5.41) is 9.72. The maximum Gasteiger partial charge on any atom is 0.250 e. The van der Waals surface area contributed by atoms with Crippen LogP contribution in [0.1, 0.15) is 6.42 Å². The number of carbonyl (C=O) groups excluding carboxylic acids is 1. The Morgan fingerprint density at radius 3 is 2.45 bits per heavy atom. The number of pyridine rings is 1. The van der Waals surface area contributed by atoms with Crippen molar-refractivity contribution in [2.24, 2.45) is 0 Å². The topological polar surface area (TPSA) is 107 Å². The third-order valence-electron chi connectivity index (χ3n) is 4.30. The number of anilines is 1. The minimum Gasteiger partial charge on any atom is -0.493 e. The number of nitrogens with zero attached hydrogens (tertiary/aromatic N) is 2. The van der Waals surface area contributed by atoms with Gasteiger partial charge in [0.2, 0.25) is 11.7 Å². The monoisotopic (exact) mass is 398 g/mol. The summed E-state index contributed by atoms with van der Waals surface area (Å²) in [5.41, 5.74) is 1.27. The summed E-state index contributed by atoms with van der Waals surface area (Å²) in [6.07, 6.45) is 1.79. The first kappa shape index (κ1) is 20.0. The predicted molar refractivity (Wildman–Crippen MR) is 108 cm³/mol. The normalized spacial score (nSPS) is 10.4. The lowest BCUT2D eigenvalue weighted by atomic mass is 10.1. The van der Waals surface area contributed by atoms with Gasteiger partial charge in [-0.3, -0.25) is 14.7 Å². The highest BCUT2D eigenvalue weighted by Gasteiger charge is 2.16. The van der Waals surface area contributed by atoms with E-state index in [1.807, 2.05) is 0 Å². The van der Waals surface area contributed by atoms with E-state index < -0.39 is 0 Å². The van der Waals surface area contributed by atoms with Gasteiger partial charge in [-0.05, 0) is 18.2 Å². The number of amides is 1. The molecule has 2 aromatic heterocycles. The van der Waals surface area contributed by atoms with Gasteiger partial charge in [0.15, 0.2) is 17.3 Å². The first-order valence-electron chi connectivity index (χ1n) is 8.86. The standard InChI is InChI=1S/C20H22N4O5/c1-27-15-10-13(11-16(28-2)20(15)29-3)14-12-17(23-22-14)21-18(25)7-9-24-8-5-4-6-19(24)26/h4-6,8,10-12H,7,9H2,1-3H3,(H2,21,22,23,25). The Morgan fingerprint density at radius 1 is 1.10 bits per heavy atom. The fourth-order valence-electron chi connectivity index (χ4n) is 2.84. The predicted octanol–water partition coefficient (Wildman–Crippen LogP) is 2.29. The molecule has 9 nitrogen and oxygen atoms in total. The van der Waals surface area contributed by atoms with Gasteiger partial charge in [-0.1, -0.05) is 6.07 Å². The molecule has 0 aliphatic heterocycles. The lowest BCUT2D eigenvalue weighted by Crippen LogP contribution is -2.21. The summed E-state index contributed by atoms with van der Waals surface area (Å²) in [4.78, 5) is 23.9. The summed E-state index contributed by atoms with van der Waals surface area (Å²) in [6, 6.07) is 10.1. The van der Waals surface area contributed by atoms with Crippen molar-refractivity contribution in [2.45, 2.75) is 13.0 Å². The molecule has 0 atom stereocenters. The van der Waals surface area contributed by atoms with Crippen LogP contribution in [0.15, 0.2) is 47.4 Å². The summed E-state index contributed by atoms with van der Waals surface area (Å²) < 4.78 is 17.5. The summed E-state index contributed by atoms with van der Waals surface area (Å²) in [6.45, 7) is 0.287. The van der Waals surface area contributed by atoms with E-state index in [1.165, 1.54) is 32.0 Å². The van der Waals surface area contributed by atoms with Gasteiger partial charge in [-0.2, -0.15) is 5.10 Å². The maximum atomic E-state index is 12.2. The quantitative estimate of drug-likeness (QED) is 0.603. The van der Waals surface area contributed by atoms with Crippen molar-refractivity contribution < 1.29 is 19.0 Å². The average molecular weight is 398 g/mol. The van der Waals surface area contributed by atoms with Crippen molar-refractivity contribution in [3.8, 4) is 28.5 Å². The van der Waals surface area contributed by atoms with E-state index in [-0.39, 0.29) is 24.4 Å². The molecule has 0 radical (unpaired) electrons. The minimum atomic E-state index is -0.247. The van der Waals surface area contributed by atoms with Crippen LogP contribution in [0.2, 0.25) is 0 Å². The van der Waals surface area contributed by atoms with Crippen molar-refractivity contribution in [1.29, 1.82) is 0 Å². The zero-order chi connectivity index (χ0) is 20.8. The van der Waals surface area contributed by atoms with E-state index in [9.17, 15) is 9.59 Å². The molecule has 0 aliphatic rings. The Bertz CT molecular complexity index is 1030. The number of benzene rings is 1. The number of H-pyrrole nitrogens is 1. The molecular weight excluding hydrogens is 376 g/mol. The average Bonchev–Trinajstić information content (AvgIpc) is 3.20. The fraction of sp³-hybridized carbons (Fsp3) is 0.250. The molecule has 3 aromatic rings. The third kappa shape index (κ3) is 4.57. The van der Waals surface area contributed by atoms with E-state index >= 15 is 0 Å². The Labute approximate surface area is 167 Å². The molecule has 2 heterocycles. The number of hydrogen-bond donors (Lipinski definition) is 2. The van der Waals surface area contributed by atoms with E-state index in [1.54, 1.807) is 36.5 Å². The Morgan fingerprint density at radius 2 is 1.83 bits per heavy atom. The molecule has 1 aromatic carbocycles.